The van der Waals surface area contributed by atoms with Crippen molar-refractivity contribution in [2.45, 2.75) is 50.4 Å². The molecule has 0 atom stereocenters. The molecule has 0 spiro atoms. The van der Waals surface area contributed by atoms with Crippen LogP contribution in [-0.2, 0) is 0 Å². The summed E-state index contributed by atoms with van der Waals surface area (Å²) in [6.07, 6.45) is 4.55. The number of fused-ring (bicyclic) bond motifs is 1. The number of hydrogen-bond acceptors (Lipinski definition) is 5. The molecule has 3 aromatic heterocycles. The summed E-state index contributed by atoms with van der Waals surface area (Å²) < 4.78 is 39.2. The highest BCUT2D eigenvalue weighted by molar-refractivity contribution is 6.04. The molecule has 3 N–H and O–H groups in total. The van der Waals surface area contributed by atoms with Crippen LogP contribution in [0.25, 0.3) is 16.7 Å². The first-order chi connectivity index (χ1) is 14.2. The number of aromatic nitrogens is 5. The molecule has 0 radical (unpaired) electrons. The van der Waals surface area contributed by atoms with E-state index in [4.69, 9.17) is 0 Å². The van der Waals surface area contributed by atoms with E-state index in [-0.39, 0.29) is 17.6 Å². The van der Waals surface area contributed by atoms with Crippen LogP contribution in [0.4, 0.5) is 13.2 Å². The molecular weight excluding hydrogens is 399 g/mol. The number of nitrogens with one attached hydrogen (secondary N) is 3. The summed E-state index contributed by atoms with van der Waals surface area (Å²) in [6, 6.07) is 1.67. The van der Waals surface area contributed by atoms with Crippen LogP contribution in [0.1, 0.15) is 43.1 Å². The summed E-state index contributed by atoms with van der Waals surface area (Å²) in [7, 11) is 0. The number of carbonyl (C=O) groups is 1. The van der Waals surface area contributed by atoms with Crippen LogP contribution in [0.5, 0.6) is 0 Å². The standard InChI is InChI=1S/C19H22F3N7O/c1-18(24-10-19(20,21)22)4-2-13(3-5-18)26-17(30)16-15-12(9-25-28-15)8-14(27-16)29-7-6-23-11-29/h6-9,11,13,24H,2-5,10H2,1H3,(H,25,28)(H,26,30)/t13-,18-. The van der Waals surface area contributed by atoms with E-state index in [1.54, 1.807) is 42.5 Å². The van der Waals surface area contributed by atoms with Gasteiger partial charge in [0.15, 0.2) is 5.69 Å². The molecule has 1 amide bonds. The van der Waals surface area contributed by atoms with Gasteiger partial charge in [0.1, 0.15) is 12.1 Å². The number of carbonyl (C=O) groups excluding carboxylic acids is 1. The van der Waals surface area contributed by atoms with Gasteiger partial charge in [-0.05, 0) is 38.7 Å². The Morgan fingerprint density at radius 2 is 2.13 bits per heavy atom. The predicted octanol–water partition coefficient (Wildman–Crippen LogP) is 2.73. The molecule has 30 heavy (non-hydrogen) atoms. The third-order valence-electron chi connectivity index (χ3n) is 5.54. The summed E-state index contributed by atoms with van der Waals surface area (Å²) in [5, 5.41) is 13.1. The van der Waals surface area contributed by atoms with Gasteiger partial charge < -0.3 is 10.6 Å². The average molecular weight is 421 g/mol. The van der Waals surface area contributed by atoms with Gasteiger partial charge >= 0.3 is 6.18 Å². The molecule has 160 valence electrons. The molecule has 11 heteroatoms. The van der Waals surface area contributed by atoms with Gasteiger partial charge in [-0.2, -0.15) is 18.3 Å². The first-order valence-corrected chi connectivity index (χ1v) is 9.68. The lowest BCUT2D eigenvalue weighted by Crippen LogP contribution is -2.51. The minimum Gasteiger partial charge on any atom is -0.348 e. The topological polar surface area (TPSA) is 101 Å². The van der Waals surface area contributed by atoms with Crippen LogP contribution in [0, 0.1) is 0 Å². The van der Waals surface area contributed by atoms with Crippen molar-refractivity contribution < 1.29 is 18.0 Å². The summed E-state index contributed by atoms with van der Waals surface area (Å²) in [6.45, 7) is 0.782. The van der Waals surface area contributed by atoms with Gasteiger partial charge in [-0.25, -0.2) is 9.97 Å². The predicted molar refractivity (Wildman–Crippen MR) is 103 cm³/mol. The summed E-state index contributed by atoms with van der Waals surface area (Å²) in [5.41, 5.74) is 0.161. The van der Waals surface area contributed by atoms with E-state index in [9.17, 15) is 18.0 Å². The van der Waals surface area contributed by atoms with Crippen molar-refractivity contribution in [3.05, 3.63) is 36.7 Å². The molecule has 0 unspecified atom stereocenters. The minimum atomic E-state index is -4.24. The first-order valence-electron chi connectivity index (χ1n) is 9.68. The van der Waals surface area contributed by atoms with Crippen LogP contribution >= 0.6 is 0 Å². The highest BCUT2D eigenvalue weighted by atomic mass is 19.4. The Morgan fingerprint density at radius 1 is 1.37 bits per heavy atom. The number of H-pyrrole nitrogens is 1. The molecular formula is C19H22F3N7O. The molecule has 0 aliphatic heterocycles. The summed E-state index contributed by atoms with van der Waals surface area (Å²) in [5.74, 6) is 0.196. The number of hydrogen-bond donors (Lipinski definition) is 3. The van der Waals surface area contributed by atoms with Crippen LogP contribution in [0.15, 0.2) is 31.0 Å². The Labute approximate surface area is 170 Å². The molecule has 3 aromatic rings. The molecule has 8 nitrogen and oxygen atoms in total. The number of imidazole rings is 1. The molecule has 1 fully saturated rings. The van der Waals surface area contributed by atoms with Crippen molar-refractivity contribution in [2.24, 2.45) is 0 Å². The fraction of sp³-hybridized carbons (Fsp3) is 0.474. The number of amides is 1. The minimum absolute atomic E-state index is 0.130. The van der Waals surface area contributed by atoms with Gasteiger partial charge in [0.05, 0.1) is 18.3 Å². The molecule has 1 aliphatic carbocycles. The number of halogens is 3. The van der Waals surface area contributed by atoms with Gasteiger partial charge in [-0.3, -0.25) is 14.5 Å². The largest absolute Gasteiger partial charge is 0.401 e. The summed E-state index contributed by atoms with van der Waals surface area (Å²) >= 11 is 0. The van der Waals surface area contributed by atoms with E-state index in [1.807, 2.05) is 0 Å². The molecule has 4 rings (SSSR count). The molecule has 0 bridgehead atoms. The Morgan fingerprint density at radius 3 is 2.80 bits per heavy atom. The van der Waals surface area contributed by atoms with Crippen molar-refractivity contribution in [2.75, 3.05) is 6.54 Å². The monoisotopic (exact) mass is 421 g/mol. The Balaban J connectivity index is 1.45. The fourth-order valence-corrected chi connectivity index (χ4v) is 3.77. The highest BCUT2D eigenvalue weighted by Gasteiger charge is 2.36. The van der Waals surface area contributed by atoms with E-state index in [0.29, 0.717) is 37.0 Å². The normalized spacial score (nSPS) is 22.3. The summed E-state index contributed by atoms with van der Waals surface area (Å²) in [4.78, 5) is 21.4. The maximum atomic E-state index is 13.0. The zero-order valence-electron chi connectivity index (χ0n) is 16.3. The van der Waals surface area contributed by atoms with E-state index in [1.165, 1.54) is 0 Å². The van der Waals surface area contributed by atoms with Gasteiger partial charge in [-0.1, -0.05) is 0 Å². The zero-order valence-corrected chi connectivity index (χ0v) is 16.3. The highest BCUT2D eigenvalue weighted by Crippen LogP contribution is 2.29. The lowest BCUT2D eigenvalue weighted by Gasteiger charge is -2.38. The van der Waals surface area contributed by atoms with Crippen LogP contribution in [0.2, 0.25) is 0 Å². The smallest absolute Gasteiger partial charge is 0.348 e. The van der Waals surface area contributed by atoms with Crippen molar-refractivity contribution in [3.8, 4) is 5.82 Å². The Hall–Kier alpha value is -2.95. The van der Waals surface area contributed by atoms with Crippen LogP contribution in [-0.4, -0.2) is 54.9 Å². The number of aromatic amines is 1. The van der Waals surface area contributed by atoms with Gasteiger partial charge in [0.2, 0.25) is 0 Å². The number of nitrogens with zero attached hydrogens (tertiary/aromatic N) is 4. The quantitative estimate of drug-likeness (QED) is 0.588. The van der Waals surface area contributed by atoms with Crippen molar-refractivity contribution in [3.63, 3.8) is 0 Å². The van der Waals surface area contributed by atoms with Crippen LogP contribution in [0.3, 0.4) is 0 Å². The van der Waals surface area contributed by atoms with Gasteiger partial charge in [-0.15, -0.1) is 0 Å². The Bertz CT molecular complexity index is 1020. The van der Waals surface area contributed by atoms with Gasteiger partial charge in [0, 0.05) is 29.4 Å². The second kappa shape index (κ2) is 7.71. The van der Waals surface area contributed by atoms with Crippen molar-refractivity contribution >= 4 is 16.8 Å². The maximum Gasteiger partial charge on any atom is 0.401 e. The molecule has 3 heterocycles. The number of alkyl halides is 3. The molecule has 1 aliphatic rings. The maximum absolute atomic E-state index is 13.0. The Kier molecular flexibility index (Phi) is 5.22. The van der Waals surface area contributed by atoms with Gasteiger partial charge in [0.25, 0.3) is 5.91 Å². The number of pyridine rings is 1. The van der Waals surface area contributed by atoms with E-state index >= 15 is 0 Å². The van der Waals surface area contributed by atoms with E-state index in [0.717, 1.165) is 5.39 Å². The first kappa shape index (κ1) is 20.3. The third kappa shape index (κ3) is 4.45. The zero-order chi connectivity index (χ0) is 21.4. The SMILES string of the molecule is C[C@]1(NCC(F)(F)F)CC[C@H](NC(=O)c2nc(-n3ccnc3)cc3cn[nH]c23)CC1. The average Bonchev–Trinajstić information content (AvgIpc) is 3.39. The molecule has 0 aromatic carbocycles. The lowest BCUT2D eigenvalue weighted by molar-refractivity contribution is -0.129. The lowest BCUT2D eigenvalue weighted by atomic mass is 9.80. The number of rotatable bonds is 5. The molecule has 1 saturated carbocycles. The fourth-order valence-electron chi connectivity index (χ4n) is 3.77. The second-order valence-corrected chi connectivity index (χ2v) is 7.91. The van der Waals surface area contributed by atoms with Crippen molar-refractivity contribution in [1.82, 2.24) is 35.4 Å². The van der Waals surface area contributed by atoms with E-state index < -0.39 is 18.3 Å². The van der Waals surface area contributed by atoms with Crippen LogP contribution < -0.4 is 10.6 Å². The second-order valence-electron chi connectivity index (χ2n) is 7.91. The molecule has 0 saturated heterocycles. The van der Waals surface area contributed by atoms with E-state index in [2.05, 4.69) is 30.8 Å². The van der Waals surface area contributed by atoms with Crippen molar-refractivity contribution in [1.29, 1.82) is 0 Å². The third-order valence-corrected chi connectivity index (χ3v) is 5.54.